The summed E-state index contributed by atoms with van der Waals surface area (Å²) in [6.07, 6.45) is 7.55. The number of esters is 1. The third-order valence-electron chi connectivity index (χ3n) is 6.39. The van der Waals surface area contributed by atoms with E-state index in [9.17, 15) is 19.7 Å². The number of nitro benzene ring substituents is 1. The molecule has 37 heavy (non-hydrogen) atoms. The zero-order valence-electron chi connectivity index (χ0n) is 19.9. The van der Waals surface area contributed by atoms with E-state index in [0.717, 1.165) is 36.6 Å². The number of furan rings is 2. The summed E-state index contributed by atoms with van der Waals surface area (Å²) in [5, 5.41) is 17.2. The summed E-state index contributed by atoms with van der Waals surface area (Å²) in [6, 6.07) is 10.4. The van der Waals surface area contributed by atoms with Crippen LogP contribution in [0.3, 0.4) is 0 Å². The predicted octanol–water partition coefficient (Wildman–Crippen LogP) is 4.77. The first-order valence-corrected chi connectivity index (χ1v) is 11.6. The Bertz CT molecular complexity index is 1370. The van der Waals surface area contributed by atoms with Crippen molar-refractivity contribution in [2.75, 3.05) is 13.7 Å². The van der Waals surface area contributed by atoms with Crippen LogP contribution in [-0.2, 0) is 9.53 Å². The van der Waals surface area contributed by atoms with Crippen molar-refractivity contribution in [1.82, 2.24) is 5.01 Å². The molecule has 5 rings (SSSR count). The maximum Gasteiger partial charge on any atom is 0.338 e. The van der Waals surface area contributed by atoms with E-state index in [1.54, 1.807) is 24.5 Å². The van der Waals surface area contributed by atoms with Gasteiger partial charge >= 0.3 is 11.7 Å². The lowest BCUT2D eigenvalue weighted by Crippen LogP contribution is -2.34. The maximum atomic E-state index is 13.3. The Kier molecular flexibility index (Phi) is 6.59. The van der Waals surface area contributed by atoms with Gasteiger partial charge < -0.3 is 18.3 Å². The number of ether oxygens (including phenoxy) is 2. The molecule has 1 saturated carbocycles. The van der Waals surface area contributed by atoms with Gasteiger partial charge in [-0.15, -0.1) is 0 Å². The molecule has 2 unspecified atom stereocenters. The van der Waals surface area contributed by atoms with E-state index < -0.39 is 29.4 Å². The molecule has 11 nitrogen and oxygen atoms in total. The highest BCUT2D eigenvalue weighted by Gasteiger charge is 2.45. The smallest absolute Gasteiger partial charge is 0.338 e. The standard InChI is InChI=1S/C26H23N3O8/c1-34-21-10-9-17(14-20(21)29(32)33)26(31)37-15-23(30)28-25(22-8-4-12-36-22)19-7-2-5-16(24(19)27-28)13-18-6-3-11-35-18/h3-4,6,8-14,19,25H,2,5,7,15H2,1H3. The lowest BCUT2D eigenvalue weighted by Gasteiger charge is -2.27. The summed E-state index contributed by atoms with van der Waals surface area (Å²) in [4.78, 5) is 36.5. The van der Waals surface area contributed by atoms with Crippen molar-refractivity contribution < 1.29 is 32.8 Å². The first-order valence-electron chi connectivity index (χ1n) is 11.6. The van der Waals surface area contributed by atoms with E-state index in [4.69, 9.17) is 18.3 Å². The molecule has 0 spiro atoms. The van der Waals surface area contributed by atoms with Gasteiger partial charge in [0.1, 0.15) is 17.6 Å². The van der Waals surface area contributed by atoms with Gasteiger partial charge in [0, 0.05) is 12.0 Å². The van der Waals surface area contributed by atoms with Crippen LogP contribution in [-0.4, -0.2) is 41.2 Å². The minimum atomic E-state index is -0.878. The van der Waals surface area contributed by atoms with Gasteiger partial charge in [-0.05, 0) is 67.3 Å². The van der Waals surface area contributed by atoms with Gasteiger partial charge in [-0.2, -0.15) is 5.10 Å². The molecule has 3 heterocycles. The van der Waals surface area contributed by atoms with Gasteiger partial charge in [0.2, 0.25) is 0 Å². The summed E-state index contributed by atoms with van der Waals surface area (Å²) >= 11 is 0. The molecule has 0 radical (unpaired) electrons. The molecular weight excluding hydrogens is 482 g/mol. The second-order valence-electron chi connectivity index (χ2n) is 8.59. The molecule has 11 heteroatoms. The Labute approximate surface area is 211 Å². The third-order valence-corrected chi connectivity index (χ3v) is 6.39. The second-order valence-corrected chi connectivity index (χ2v) is 8.59. The van der Waals surface area contributed by atoms with Crippen molar-refractivity contribution in [3.63, 3.8) is 0 Å². The van der Waals surface area contributed by atoms with Gasteiger partial charge in [0.15, 0.2) is 12.4 Å². The minimum Gasteiger partial charge on any atom is -0.490 e. The fourth-order valence-electron chi connectivity index (χ4n) is 4.73. The largest absolute Gasteiger partial charge is 0.490 e. The highest BCUT2D eigenvalue weighted by molar-refractivity contribution is 6.08. The molecule has 1 aromatic carbocycles. The molecule has 0 bridgehead atoms. The number of benzene rings is 1. The monoisotopic (exact) mass is 505 g/mol. The minimum absolute atomic E-state index is 0.00724. The molecule has 2 atom stereocenters. The molecule has 3 aromatic rings. The molecule has 1 amide bonds. The second kappa shape index (κ2) is 10.1. The Hall–Kier alpha value is -4.67. The van der Waals surface area contributed by atoms with Crippen molar-refractivity contribution in [2.24, 2.45) is 11.0 Å². The van der Waals surface area contributed by atoms with Crippen LogP contribution in [0, 0.1) is 16.0 Å². The van der Waals surface area contributed by atoms with Crippen LogP contribution in [0.25, 0.3) is 6.08 Å². The number of methoxy groups -OCH3 is 1. The Morgan fingerprint density at radius 2 is 2.03 bits per heavy atom. The zero-order chi connectivity index (χ0) is 25.9. The fraction of sp³-hybridized carbons (Fsp3) is 0.269. The molecule has 1 aliphatic carbocycles. The first-order chi connectivity index (χ1) is 18.0. The van der Waals surface area contributed by atoms with Gasteiger partial charge in [0.05, 0.1) is 35.8 Å². The van der Waals surface area contributed by atoms with Crippen LogP contribution in [0.5, 0.6) is 5.75 Å². The lowest BCUT2D eigenvalue weighted by atomic mass is 9.79. The Morgan fingerprint density at radius 1 is 1.22 bits per heavy atom. The quantitative estimate of drug-likeness (QED) is 0.254. The van der Waals surface area contributed by atoms with Crippen molar-refractivity contribution in [1.29, 1.82) is 0 Å². The van der Waals surface area contributed by atoms with Crippen LogP contribution in [0.15, 0.2) is 74.5 Å². The number of hydrogen-bond donors (Lipinski definition) is 0. The molecule has 1 fully saturated rings. The molecule has 1 aliphatic heterocycles. The summed E-state index contributed by atoms with van der Waals surface area (Å²) < 4.78 is 21.3. The SMILES string of the molecule is COc1ccc(C(=O)OCC(=O)N2N=C3C(=Cc4ccco4)CCCC3C2c2ccco2)cc1[N+](=O)[O-]. The van der Waals surface area contributed by atoms with Crippen LogP contribution < -0.4 is 4.74 Å². The fourth-order valence-corrected chi connectivity index (χ4v) is 4.73. The molecule has 2 aliphatic rings. The van der Waals surface area contributed by atoms with E-state index in [1.165, 1.54) is 30.5 Å². The molecular formula is C26H23N3O8. The highest BCUT2D eigenvalue weighted by Crippen LogP contribution is 2.44. The van der Waals surface area contributed by atoms with Crippen LogP contribution in [0.1, 0.15) is 47.2 Å². The van der Waals surface area contributed by atoms with Crippen LogP contribution in [0.2, 0.25) is 0 Å². The van der Waals surface area contributed by atoms with Crippen molar-refractivity contribution in [2.45, 2.75) is 25.3 Å². The summed E-state index contributed by atoms with van der Waals surface area (Å²) in [7, 11) is 1.29. The van der Waals surface area contributed by atoms with Gasteiger partial charge in [-0.25, -0.2) is 9.80 Å². The topological polar surface area (TPSA) is 138 Å². The highest BCUT2D eigenvalue weighted by atomic mass is 16.6. The van der Waals surface area contributed by atoms with E-state index >= 15 is 0 Å². The van der Waals surface area contributed by atoms with E-state index in [2.05, 4.69) is 5.10 Å². The number of carbonyl (C=O) groups excluding carboxylic acids is 2. The number of fused-ring (bicyclic) bond motifs is 1. The molecule has 190 valence electrons. The van der Waals surface area contributed by atoms with Crippen molar-refractivity contribution in [3.05, 3.63) is 87.8 Å². The number of nitrogens with zero attached hydrogens (tertiary/aromatic N) is 3. The maximum absolute atomic E-state index is 13.3. The Morgan fingerprint density at radius 3 is 2.73 bits per heavy atom. The number of allylic oxidation sites excluding steroid dienone is 1. The summed E-state index contributed by atoms with van der Waals surface area (Å²) in [5.74, 6) is -0.236. The third kappa shape index (κ3) is 4.75. The molecule has 0 saturated heterocycles. The van der Waals surface area contributed by atoms with Gasteiger partial charge in [0.25, 0.3) is 5.91 Å². The van der Waals surface area contributed by atoms with Gasteiger partial charge in [-0.3, -0.25) is 14.9 Å². The van der Waals surface area contributed by atoms with E-state index in [0.29, 0.717) is 11.5 Å². The molecule has 0 N–H and O–H groups in total. The van der Waals surface area contributed by atoms with Gasteiger partial charge in [-0.1, -0.05) is 0 Å². The van der Waals surface area contributed by atoms with E-state index in [1.807, 2.05) is 12.1 Å². The number of nitro groups is 1. The lowest BCUT2D eigenvalue weighted by molar-refractivity contribution is -0.385. The van der Waals surface area contributed by atoms with Crippen LogP contribution >= 0.6 is 0 Å². The number of rotatable bonds is 7. The van der Waals surface area contributed by atoms with Crippen molar-refractivity contribution in [3.8, 4) is 5.75 Å². The zero-order valence-corrected chi connectivity index (χ0v) is 19.9. The number of hydrazone groups is 1. The predicted molar refractivity (Wildman–Crippen MR) is 130 cm³/mol. The van der Waals surface area contributed by atoms with Crippen LogP contribution in [0.4, 0.5) is 5.69 Å². The number of hydrogen-bond acceptors (Lipinski definition) is 9. The normalized spacial score (nSPS) is 19.9. The van der Waals surface area contributed by atoms with E-state index in [-0.39, 0.29) is 22.9 Å². The summed E-state index contributed by atoms with van der Waals surface area (Å²) in [5.41, 5.74) is 1.29. The number of amides is 1. The average molecular weight is 505 g/mol. The van der Waals surface area contributed by atoms with Crippen molar-refractivity contribution >= 4 is 29.4 Å². The average Bonchev–Trinajstić information content (AvgIpc) is 3.68. The first kappa shape index (κ1) is 24.0. The number of carbonyl (C=O) groups is 2. The summed E-state index contributed by atoms with van der Waals surface area (Å²) in [6.45, 7) is -0.601. The molecule has 2 aromatic heterocycles. The Balaban J connectivity index is 1.37.